The second-order valence-corrected chi connectivity index (χ2v) is 8.42. The highest BCUT2D eigenvalue weighted by Gasteiger charge is 2.23. The molecule has 12 nitrogen and oxygen atoms in total. The number of hydrogen-bond acceptors (Lipinski definition) is 11. The Morgan fingerprint density at radius 2 is 1.08 bits per heavy atom. The van der Waals surface area contributed by atoms with Crippen molar-refractivity contribution in [1.82, 2.24) is 0 Å². The zero-order chi connectivity index (χ0) is 28.1. The third-order valence-electron chi connectivity index (χ3n) is 4.49. The summed E-state index contributed by atoms with van der Waals surface area (Å²) in [7, 11) is 0. The van der Waals surface area contributed by atoms with Crippen LogP contribution in [0.3, 0.4) is 0 Å². The van der Waals surface area contributed by atoms with Crippen LogP contribution in [0.1, 0.15) is 70.7 Å². The minimum atomic E-state index is -1.11. The standard InChI is InChI=1S/C25H32O12/c1-14(10-21(27)28)33-22(29)11-15(2)34-23(30)12-16(3)35-24(31)13-17(4)36-25(32)19-8-6-7-9-20(19)37-18(5)26/h6-9,14-17H,10-13H2,1-5H3,(H,27,28). The number of carbonyl (C=O) groups is 6. The quantitative estimate of drug-likeness (QED) is 0.215. The Labute approximate surface area is 214 Å². The number of esters is 5. The molecule has 0 saturated carbocycles. The lowest BCUT2D eigenvalue weighted by Gasteiger charge is -2.18. The predicted octanol–water partition coefficient (Wildman–Crippen LogP) is 2.60. The van der Waals surface area contributed by atoms with Gasteiger partial charge in [0.05, 0.1) is 25.7 Å². The lowest BCUT2D eigenvalue weighted by molar-refractivity contribution is -0.160. The van der Waals surface area contributed by atoms with E-state index in [1.165, 1.54) is 46.8 Å². The Kier molecular flexibility index (Phi) is 12.8. The number of rotatable bonds is 14. The molecule has 0 aliphatic heterocycles. The summed E-state index contributed by atoms with van der Waals surface area (Å²) in [6.45, 7) is 7.04. The van der Waals surface area contributed by atoms with Gasteiger partial charge in [0.1, 0.15) is 35.7 Å². The van der Waals surface area contributed by atoms with Crippen LogP contribution in [0.2, 0.25) is 0 Å². The molecule has 0 saturated heterocycles. The van der Waals surface area contributed by atoms with Crippen LogP contribution in [0.4, 0.5) is 0 Å². The van der Waals surface area contributed by atoms with E-state index in [2.05, 4.69) is 0 Å². The minimum absolute atomic E-state index is 0.0170. The second kappa shape index (κ2) is 15.2. The van der Waals surface area contributed by atoms with E-state index in [1.54, 1.807) is 12.1 Å². The van der Waals surface area contributed by atoms with E-state index in [0.717, 1.165) is 0 Å². The third-order valence-corrected chi connectivity index (χ3v) is 4.49. The number of carbonyl (C=O) groups excluding carboxylic acids is 5. The highest BCUT2D eigenvalue weighted by molar-refractivity contribution is 5.93. The fourth-order valence-corrected chi connectivity index (χ4v) is 3.06. The first-order valence-electron chi connectivity index (χ1n) is 11.5. The van der Waals surface area contributed by atoms with Crippen molar-refractivity contribution in [2.45, 2.75) is 84.7 Å². The summed E-state index contributed by atoms with van der Waals surface area (Å²) >= 11 is 0. The Morgan fingerprint density at radius 3 is 1.51 bits per heavy atom. The molecule has 37 heavy (non-hydrogen) atoms. The summed E-state index contributed by atoms with van der Waals surface area (Å²) in [4.78, 5) is 70.3. The first-order chi connectivity index (χ1) is 17.3. The molecule has 204 valence electrons. The van der Waals surface area contributed by atoms with Crippen molar-refractivity contribution in [3.8, 4) is 5.75 Å². The first-order valence-corrected chi connectivity index (χ1v) is 11.5. The molecule has 0 spiro atoms. The van der Waals surface area contributed by atoms with Crippen LogP contribution in [-0.2, 0) is 42.9 Å². The third kappa shape index (κ3) is 13.1. The first kappa shape index (κ1) is 31.1. The van der Waals surface area contributed by atoms with Crippen LogP contribution in [-0.4, -0.2) is 65.3 Å². The van der Waals surface area contributed by atoms with Crippen LogP contribution >= 0.6 is 0 Å². The van der Waals surface area contributed by atoms with Gasteiger partial charge >= 0.3 is 35.8 Å². The van der Waals surface area contributed by atoms with Crippen molar-refractivity contribution in [1.29, 1.82) is 0 Å². The summed E-state index contributed by atoms with van der Waals surface area (Å²) in [5.74, 6) is -4.64. The molecule has 1 N–H and O–H groups in total. The normalized spacial score (nSPS) is 13.8. The minimum Gasteiger partial charge on any atom is -0.481 e. The Balaban J connectivity index is 2.44. The fraction of sp³-hybridized carbons (Fsp3) is 0.520. The van der Waals surface area contributed by atoms with E-state index in [1.807, 2.05) is 0 Å². The zero-order valence-corrected chi connectivity index (χ0v) is 21.4. The molecule has 1 rings (SSSR count). The molecule has 1 aromatic rings. The maximum atomic E-state index is 12.4. The van der Waals surface area contributed by atoms with E-state index < -0.39 is 60.2 Å². The summed E-state index contributed by atoms with van der Waals surface area (Å²) < 4.78 is 25.4. The van der Waals surface area contributed by atoms with Crippen molar-refractivity contribution < 1.29 is 57.6 Å². The molecule has 1 aromatic carbocycles. The largest absolute Gasteiger partial charge is 0.481 e. The smallest absolute Gasteiger partial charge is 0.342 e. The van der Waals surface area contributed by atoms with Gasteiger partial charge in [0.2, 0.25) is 0 Å². The summed E-state index contributed by atoms with van der Waals surface area (Å²) in [6, 6.07) is 5.99. The van der Waals surface area contributed by atoms with Gasteiger partial charge < -0.3 is 28.8 Å². The molecule has 0 aromatic heterocycles. The van der Waals surface area contributed by atoms with Gasteiger partial charge in [0.25, 0.3) is 0 Å². The van der Waals surface area contributed by atoms with Gasteiger partial charge in [-0.2, -0.15) is 0 Å². The van der Waals surface area contributed by atoms with Crippen LogP contribution in [0, 0.1) is 0 Å². The van der Waals surface area contributed by atoms with Crippen LogP contribution < -0.4 is 4.74 Å². The van der Waals surface area contributed by atoms with Crippen molar-refractivity contribution in [3.05, 3.63) is 29.8 Å². The van der Waals surface area contributed by atoms with Gasteiger partial charge in [0.15, 0.2) is 0 Å². The Morgan fingerprint density at radius 1 is 0.676 bits per heavy atom. The van der Waals surface area contributed by atoms with E-state index >= 15 is 0 Å². The van der Waals surface area contributed by atoms with Crippen molar-refractivity contribution in [2.24, 2.45) is 0 Å². The lowest BCUT2D eigenvalue weighted by atomic mass is 10.2. The Bertz CT molecular complexity index is 986. The van der Waals surface area contributed by atoms with Crippen LogP contribution in [0.5, 0.6) is 5.75 Å². The number of carboxylic acid groups (broad SMARTS) is 1. The number of benzene rings is 1. The maximum Gasteiger partial charge on any atom is 0.342 e. The molecule has 12 heteroatoms. The molecule has 4 atom stereocenters. The second-order valence-electron chi connectivity index (χ2n) is 8.42. The molecular formula is C25H32O12. The number of ether oxygens (including phenoxy) is 5. The van der Waals surface area contributed by atoms with Gasteiger partial charge in [0, 0.05) is 6.92 Å². The molecule has 0 bridgehead atoms. The summed E-state index contributed by atoms with van der Waals surface area (Å²) in [5.41, 5.74) is 0.0170. The highest BCUT2D eigenvalue weighted by Crippen LogP contribution is 2.20. The molecule has 0 radical (unpaired) electrons. The van der Waals surface area contributed by atoms with Gasteiger partial charge in [-0.05, 0) is 39.8 Å². The zero-order valence-electron chi connectivity index (χ0n) is 21.4. The summed E-state index contributed by atoms with van der Waals surface area (Å²) in [6.07, 6.45) is -4.59. The van der Waals surface area contributed by atoms with Gasteiger partial charge in [-0.15, -0.1) is 0 Å². The molecule has 0 amide bonds. The van der Waals surface area contributed by atoms with E-state index in [9.17, 15) is 28.8 Å². The highest BCUT2D eigenvalue weighted by atomic mass is 16.6. The molecule has 0 aliphatic carbocycles. The monoisotopic (exact) mass is 524 g/mol. The van der Waals surface area contributed by atoms with Crippen molar-refractivity contribution in [3.63, 3.8) is 0 Å². The van der Waals surface area contributed by atoms with E-state index in [0.29, 0.717) is 0 Å². The molecular weight excluding hydrogens is 492 g/mol. The number of para-hydroxylation sites is 1. The topological polar surface area (TPSA) is 169 Å². The fourth-order valence-electron chi connectivity index (χ4n) is 3.06. The maximum absolute atomic E-state index is 12.4. The van der Waals surface area contributed by atoms with Crippen molar-refractivity contribution >= 4 is 35.8 Å². The van der Waals surface area contributed by atoms with Gasteiger partial charge in [-0.1, -0.05) is 12.1 Å². The number of hydrogen-bond donors (Lipinski definition) is 1. The van der Waals surface area contributed by atoms with E-state index in [-0.39, 0.29) is 37.0 Å². The molecule has 0 heterocycles. The molecule has 0 fully saturated rings. The number of carboxylic acids is 1. The van der Waals surface area contributed by atoms with Crippen LogP contribution in [0.15, 0.2) is 24.3 Å². The molecule has 4 unspecified atom stereocenters. The van der Waals surface area contributed by atoms with Gasteiger partial charge in [-0.25, -0.2) is 4.79 Å². The number of aliphatic carboxylic acids is 1. The average Bonchev–Trinajstić information content (AvgIpc) is 2.71. The van der Waals surface area contributed by atoms with Gasteiger partial charge in [-0.3, -0.25) is 24.0 Å². The SMILES string of the molecule is CC(=O)Oc1ccccc1C(=O)OC(C)CC(=O)OC(C)CC(=O)OC(C)CC(=O)OC(C)CC(=O)O. The predicted molar refractivity (Wildman–Crippen MR) is 125 cm³/mol. The average molecular weight is 525 g/mol. The van der Waals surface area contributed by atoms with Crippen molar-refractivity contribution in [2.75, 3.05) is 0 Å². The van der Waals surface area contributed by atoms with E-state index in [4.69, 9.17) is 28.8 Å². The summed E-state index contributed by atoms with van der Waals surface area (Å²) in [5, 5.41) is 8.68. The molecule has 0 aliphatic rings. The van der Waals surface area contributed by atoms with Crippen LogP contribution in [0.25, 0.3) is 0 Å². The lowest BCUT2D eigenvalue weighted by Crippen LogP contribution is -2.27. The Hall–Kier alpha value is -3.96.